The first kappa shape index (κ1) is 48.4. The number of hydrogen-bond donors (Lipinski definition) is 3. The molecule has 0 aromatic heterocycles. The van der Waals surface area contributed by atoms with E-state index >= 15 is 0 Å². The highest BCUT2D eigenvalue weighted by molar-refractivity contribution is 7.47. The quantitative estimate of drug-likeness (QED) is 0.0244. The Kier molecular flexibility index (Phi) is 32.8. The standard InChI is InChI=1S/C39H68NO10P/c1-3-5-7-9-10-11-12-13-14-15-16-17-18-19-20-21-22-23-24-25-26-27-29-31-38(42)50-35(32-47-37(41)30-28-8-6-4-2)33-48-51(45,46)49-34-36(40)39(43)44/h5,7,10-11,13-14,16-17,35-36H,3-4,6,8-9,12,15,18-34,40H2,1-2H3,(H,43,44)(H,45,46)/b7-5-,11-10-,14-13-,17-16-. The van der Waals surface area contributed by atoms with E-state index in [9.17, 15) is 23.8 Å². The Hall–Kier alpha value is -2.56. The summed E-state index contributed by atoms with van der Waals surface area (Å²) in [4.78, 5) is 45.3. The Balaban J connectivity index is 4.14. The molecule has 0 heterocycles. The second kappa shape index (κ2) is 34.5. The number of phosphoric ester groups is 1. The topological polar surface area (TPSA) is 172 Å². The SMILES string of the molecule is CC/C=C\C/C=C\C/C=C\C/C=C\CCCCCCCCCCCCC(=O)OC(COC(=O)CCCCCC)COP(=O)(O)OCC(N)C(=O)O. The van der Waals surface area contributed by atoms with Gasteiger partial charge in [-0.25, -0.2) is 4.57 Å². The number of esters is 2. The molecule has 0 aromatic rings. The van der Waals surface area contributed by atoms with Gasteiger partial charge in [-0.05, 0) is 51.4 Å². The lowest BCUT2D eigenvalue weighted by molar-refractivity contribution is -0.161. The zero-order chi connectivity index (χ0) is 37.8. The minimum atomic E-state index is -4.70. The van der Waals surface area contributed by atoms with Gasteiger partial charge in [0, 0.05) is 12.8 Å². The van der Waals surface area contributed by atoms with E-state index in [-0.39, 0.29) is 19.4 Å². The molecule has 0 fully saturated rings. The number of phosphoric acid groups is 1. The van der Waals surface area contributed by atoms with Crippen LogP contribution in [-0.2, 0) is 37.5 Å². The van der Waals surface area contributed by atoms with E-state index in [2.05, 4.69) is 67.0 Å². The fraction of sp³-hybridized carbons (Fsp3) is 0.718. The zero-order valence-corrected chi connectivity index (χ0v) is 32.3. The lowest BCUT2D eigenvalue weighted by Crippen LogP contribution is -2.34. The largest absolute Gasteiger partial charge is 0.480 e. The molecule has 0 aliphatic carbocycles. The molecule has 0 saturated heterocycles. The molecule has 51 heavy (non-hydrogen) atoms. The van der Waals surface area contributed by atoms with Crippen LogP contribution in [-0.4, -0.2) is 59.9 Å². The van der Waals surface area contributed by atoms with Crippen molar-refractivity contribution in [1.29, 1.82) is 0 Å². The van der Waals surface area contributed by atoms with Crippen molar-refractivity contribution in [3.05, 3.63) is 48.6 Å². The van der Waals surface area contributed by atoms with Gasteiger partial charge < -0.3 is 25.2 Å². The summed E-state index contributed by atoms with van der Waals surface area (Å²) in [6, 6.07) is -1.52. The van der Waals surface area contributed by atoms with Gasteiger partial charge in [0.1, 0.15) is 12.6 Å². The summed E-state index contributed by atoms with van der Waals surface area (Å²) in [6.45, 7) is 2.52. The number of carboxylic acid groups (broad SMARTS) is 1. The van der Waals surface area contributed by atoms with Crippen molar-refractivity contribution in [2.24, 2.45) is 5.73 Å². The Morgan fingerprint density at radius 1 is 0.627 bits per heavy atom. The normalized spacial score (nSPS) is 14.4. The number of hydrogen-bond acceptors (Lipinski definition) is 9. The van der Waals surface area contributed by atoms with Crippen LogP contribution in [0.2, 0.25) is 0 Å². The smallest absolute Gasteiger partial charge is 0.472 e. The van der Waals surface area contributed by atoms with Gasteiger partial charge in [0.15, 0.2) is 6.10 Å². The summed E-state index contributed by atoms with van der Waals surface area (Å²) in [6.07, 6.45) is 36.9. The van der Waals surface area contributed by atoms with E-state index in [0.29, 0.717) is 12.8 Å². The molecule has 0 rings (SSSR count). The van der Waals surface area contributed by atoms with Gasteiger partial charge >= 0.3 is 25.7 Å². The number of rotatable bonds is 35. The number of unbranched alkanes of at least 4 members (excludes halogenated alkanes) is 13. The molecule has 294 valence electrons. The maximum atomic E-state index is 12.5. The summed E-state index contributed by atoms with van der Waals surface area (Å²) in [7, 11) is -4.70. The maximum Gasteiger partial charge on any atom is 0.472 e. The van der Waals surface area contributed by atoms with Crippen LogP contribution in [0.4, 0.5) is 0 Å². The number of carbonyl (C=O) groups excluding carboxylic acids is 2. The van der Waals surface area contributed by atoms with E-state index in [1.54, 1.807) is 0 Å². The molecule has 0 aliphatic heterocycles. The summed E-state index contributed by atoms with van der Waals surface area (Å²) in [5, 5.41) is 8.82. The Morgan fingerprint density at radius 3 is 1.65 bits per heavy atom. The molecule has 0 spiro atoms. The van der Waals surface area contributed by atoms with Crippen LogP contribution in [0, 0.1) is 0 Å². The van der Waals surface area contributed by atoms with Crippen molar-refractivity contribution >= 4 is 25.7 Å². The van der Waals surface area contributed by atoms with Crippen LogP contribution in [0.1, 0.15) is 149 Å². The fourth-order valence-electron chi connectivity index (χ4n) is 4.82. The summed E-state index contributed by atoms with van der Waals surface area (Å²) in [5.41, 5.74) is 5.29. The first-order valence-electron chi connectivity index (χ1n) is 19.2. The second-order valence-electron chi connectivity index (χ2n) is 12.7. The fourth-order valence-corrected chi connectivity index (χ4v) is 5.60. The van der Waals surface area contributed by atoms with E-state index < -0.39 is 51.1 Å². The van der Waals surface area contributed by atoms with E-state index in [0.717, 1.165) is 70.6 Å². The Morgan fingerprint density at radius 2 is 1.10 bits per heavy atom. The number of carboxylic acids is 1. The van der Waals surface area contributed by atoms with Crippen molar-refractivity contribution in [3.63, 3.8) is 0 Å². The number of carbonyl (C=O) groups is 3. The van der Waals surface area contributed by atoms with Gasteiger partial charge in [0.05, 0.1) is 13.2 Å². The van der Waals surface area contributed by atoms with Crippen LogP contribution in [0.25, 0.3) is 0 Å². The second-order valence-corrected chi connectivity index (χ2v) is 14.1. The third kappa shape index (κ3) is 34.3. The molecule has 0 aromatic carbocycles. The third-order valence-electron chi connectivity index (χ3n) is 7.84. The molecule has 11 nitrogen and oxygen atoms in total. The summed E-state index contributed by atoms with van der Waals surface area (Å²) in [5.74, 6) is -2.41. The first-order chi connectivity index (χ1) is 24.6. The molecule has 0 amide bonds. The Bertz CT molecular complexity index is 1060. The lowest BCUT2D eigenvalue weighted by atomic mass is 10.0. The highest BCUT2D eigenvalue weighted by atomic mass is 31.2. The van der Waals surface area contributed by atoms with E-state index in [4.69, 9.17) is 24.8 Å². The number of allylic oxidation sites excluding steroid dienone is 8. The van der Waals surface area contributed by atoms with Gasteiger partial charge in [-0.3, -0.25) is 23.4 Å². The zero-order valence-electron chi connectivity index (χ0n) is 31.4. The van der Waals surface area contributed by atoms with Crippen molar-refractivity contribution in [1.82, 2.24) is 0 Å². The van der Waals surface area contributed by atoms with Gasteiger partial charge in [-0.2, -0.15) is 0 Å². The van der Waals surface area contributed by atoms with Crippen molar-refractivity contribution < 1.29 is 47.5 Å². The molecule has 0 bridgehead atoms. The van der Waals surface area contributed by atoms with Gasteiger partial charge in [-0.1, -0.05) is 133 Å². The van der Waals surface area contributed by atoms with Crippen molar-refractivity contribution in [2.75, 3.05) is 19.8 Å². The average molecular weight is 742 g/mol. The minimum Gasteiger partial charge on any atom is -0.480 e. The van der Waals surface area contributed by atoms with Gasteiger partial charge in [0.2, 0.25) is 0 Å². The lowest BCUT2D eigenvalue weighted by Gasteiger charge is -2.20. The van der Waals surface area contributed by atoms with Crippen LogP contribution < -0.4 is 5.73 Å². The number of nitrogens with two attached hydrogens (primary N) is 1. The summed E-state index contributed by atoms with van der Waals surface area (Å²) < 4.78 is 32.3. The van der Waals surface area contributed by atoms with E-state index in [1.165, 1.54) is 38.5 Å². The molecule has 12 heteroatoms. The molecular formula is C39H68NO10P. The predicted molar refractivity (Wildman–Crippen MR) is 203 cm³/mol. The monoisotopic (exact) mass is 741 g/mol. The Labute approximate surface area is 307 Å². The van der Waals surface area contributed by atoms with E-state index in [1.807, 2.05) is 0 Å². The molecule has 0 radical (unpaired) electrons. The van der Waals surface area contributed by atoms with Crippen molar-refractivity contribution in [3.8, 4) is 0 Å². The highest BCUT2D eigenvalue weighted by Gasteiger charge is 2.28. The third-order valence-corrected chi connectivity index (χ3v) is 8.79. The van der Waals surface area contributed by atoms with Gasteiger partial charge in [-0.15, -0.1) is 0 Å². The number of ether oxygens (including phenoxy) is 2. The van der Waals surface area contributed by atoms with Crippen LogP contribution in [0.15, 0.2) is 48.6 Å². The number of aliphatic carboxylic acids is 1. The molecule has 3 unspecified atom stereocenters. The molecular weight excluding hydrogens is 673 g/mol. The summed E-state index contributed by atoms with van der Waals surface area (Å²) >= 11 is 0. The van der Waals surface area contributed by atoms with Crippen LogP contribution in [0.3, 0.4) is 0 Å². The van der Waals surface area contributed by atoms with Crippen molar-refractivity contribution in [2.45, 2.75) is 161 Å². The molecule has 3 atom stereocenters. The van der Waals surface area contributed by atoms with Crippen LogP contribution in [0.5, 0.6) is 0 Å². The highest BCUT2D eigenvalue weighted by Crippen LogP contribution is 2.43. The maximum absolute atomic E-state index is 12.5. The molecule has 0 saturated carbocycles. The van der Waals surface area contributed by atoms with Crippen LogP contribution >= 0.6 is 7.82 Å². The first-order valence-corrected chi connectivity index (χ1v) is 20.7. The van der Waals surface area contributed by atoms with Gasteiger partial charge in [0.25, 0.3) is 0 Å². The molecule has 0 aliphatic rings. The minimum absolute atomic E-state index is 0.154. The molecule has 4 N–H and O–H groups in total. The predicted octanol–water partition coefficient (Wildman–Crippen LogP) is 9.44. The average Bonchev–Trinajstić information content (AvgIpc) is 3.10.